The van der Waals surface area contributed by atoms with Crippen LogP contribution < -0.4 is 0 Å². The third-order valence-electron chi connectivity index (χ3n) is 11.8. The van der Waals surface area contributed by atoms with E-state index in [1.54, 1.807) is 0 Å². The Kier molecular flexibility index (Phi) is 49.8. The van der Waals surface area contributed by atoms with Gasteiger partial charge in [-0.3, -0.25) is 14.4 Å². The van der Waals surface area contributed by atoms with E-state index in [2.05, 4.69) is 69.4 Å². The molecule has 63 heavy (non-hydrogen) atoms. The molecule has 0 aromatic heterocycles. The fraction of sp³-hybridized carbons (Fsp3) is 0.807. The second kappa shape index (κ2) is 52.0. The van der Waals surface area contributed by atoms with Crippen LogP contribution in [0.2, 0.25) is 0 Å². The molecule has 6 heteroatoms. The minimum Gasteiger partial charge on any atom is -0.462 e. The van der Waals surface area contributed by atoms with Gasteiger partial charge in [-0.15, -0.1) is 0 Å². The molecule has 0 spiro atoms. The standard InChI is InChI=1S/C57H102O6/c1-4-7-10-13-16-19-22-24-26-27-28-29-31-33-36-38-41-44-47-50-56(59)62-53-54(63-57(60)51-48-45-42-39-34-21-18-15-12-9-6-3)52-61-55(58)49-46-43-40-37-35-32-30-25-23-20-17-14-11-8-5-2/h8,11,15,17-18,20,25,30,54H,4-7,9-10,12-14,16,19,21-24,26-29,31-53H2,1-3H3/b11-8-,18-15-,20-17-,30-25-/t54-/m1/s1. The minimum absolute atomic E-state index is 0.0796. The highest BCUT2D eigenvalue weighted by molar-refractivity contribution is 5.71. The first-order valence-electron chi connectivity index (χ1n) is 27.1. The van der Waals surface area contributed by atoms with Crippen LogP contribution >= 0.6 is 0 Å². The van der Waals surface area contributed by atoms with Gasteiger partial charge in [-0.05, 0) is 70.6 Å². The van der Waals surface area contributed by atoms with Gasteiger partial charge in [-0.2, -0.15) is 0 Å². The molecule has 0 fully saturated rings. The van der Waals surface area contributed by atoms with Crippen molar-refractivity contribution in [2.24, 2.45) is 0 Å². The lowest BCUT2D eigenvalue weighted by Gasteiger charge is -2.18. The first kappa shape index (κ1) is 60.4. The topological polar surface area (TPSA) is 78.9 Å². The third-order valence-corrected chi connectivity index (χ3v) is 11.8. The van der Waals surface area contributed by atoms with E-state index < -0.39 is 6.10 Å². The van der Waals surface area contributed by atoms with Crippen LogP contribution in [0.25, 0.3) is 0 Å². The van der Waals surface area contributed by atoms with Gasteiger partial charge in [-0.25, -0.2) is 0 Å². The summed E-state index contributed by atoms with van der Waals surface area (Å²) in [5, 5.41) is 0. The maximum absolute atomic E-state index is 12.8. The predicted octanol–water partition coefficient (Wildman–Crippen LogP) is 17.9. The molecular formula is C57H102O6. The van der Waals surface area contributed by atoms with Gasteiger partial charge in [0.2, 0.25) is 0 Å². The molecule has 0 unspecified atom stereocenters. The molecule has 0 bridgehead atoms. The lowest BCUT2D eigenvalue weighted by atomic mass is 10.0. The van der Waals surface area contributed by atoms with Gasteiger partial charge in [0.25, 0.3) is 0 Å². The van der Waals surface area contributed by atoms with Crippen LogP contribution in [0, 0.1) is 0 Å². The molecule has 0 saturated heterocycles. The van der Waals surface area contributed by atoms with Crippen LogP contribution in [0.4, 0.5) is 0 Å². The molecule has 6 nitrogen and oxygen atoms in total. The first-order valence-corrected chi connectivity index (χ1v) is 27.1. The van der Waals surface area contributed by atoms with Crippen LogP contribution in [0.15, 0.2) is 48.6 Å². The van der Waals surface area contributed by atoms with Crippen molar-refractivity contribution in [2.45, 2.75) is 284 Å². The molecule has 0 rings (SSSR count). The molecule has 1 atom stereocenters. The number of hydrogen-bond acceptors (Lipinski definition) is 6. The molecule has 0 aliphatic heterocycles. The van der Waals surface area contributed by atoms with Crippen LogP contribution in [0.5, 0.6) is 0 Å². The number of ether oxygens (including phenoxy) is 3. The van der Waals surface area contributed by atoms with E-state index in [0.717, 1.165) is 109 Å². The molecular weight excluding hydrogens is 781 g/mol. The van der Waals surface area contributed by atoms with Gasteiger partial charge in [0.15, 0.2) is 6.10 Å². The smallest absolute Gasteiger partial charge is 0.306 e. The molecule has 0 aromatic carbocycles. The maximum atomic E-state index is 12.8. The monoisotopic (exact) mass is 883 g/mol. The van der Waals surface area contributed by atoms with Crippen LogP contribution in [-0.2, 0) is 28.6 Å². The second-order valence-electron chi connectivity index (χ2n) is 18.1. The summed E-state index contributed by atoms with van der Waals surface area (Å²) in [4.78, 5) is 38.0. The summed E-state index contributed by atoms with van der Waals surface area (Å²) in [6.45, 7) is 6.49. The summed E-state index contributed by atoms with van der Waals surface area (Å²) >= 11 is 0. The summed E-state index contributed by atoms with van der Waals surface area (Å²) in [5.41, 5.74) is 0. The number of esters is 3. The molecule has 0 heterocycles. The van der Waals surface area contributed by atoms with Crippen LogP contribution in [-0.4, -0.2) is 37.2 Å². The Morgan fingerprint density at radius 1 is 0.333 bits per heavy atom. The van der Waals surface area contributed by atoms with E-state index in [4.69, 9.17) is 14.2 Å². The van der Waals surface area contributed by atoms with Crippen molar-refractivity contribution < 1.29 is 28.6 Å². The highest BCUT2D eigenvalue weighted by atomic mass is 16.6. The Labute approximate surface area is 390 Å². The zero-order valence-electron chi connectivity index (χ0n) is 41.8. The average molecular weight is 883 g/mol. The Morgan fingerprint density at radius 2 is 0.635 bits per heavy atom. The SMILES string of the molecule is CC/C=C\C/C=C\C/C=C\CCCCCCCC(=O)OC[C@H](COC(=O)CCCCCCCCCCCCCCCCCCCCC)OC(=O)CCCCCCC/C=C\CCCC. The largest absolute Gasteiger partial charge is 0.462 e. The zero-order chi connectivity index (χ0) is 45.8. The number of unbranched alkanes of at least 4 members (excludes halogenated alkanes) is 30. The molecule has 0 aromatic rings. The van der Waals surface area contributed by atoms with E-state index in [1.807, 2.05) is 0 Å². The fourth-order valence-electron chi connectivity index (χ4n) is 7.73. The Hall–Kier alpha value is -2.63. The molecule has 0 aliphatic rings. The quantitative estimate of drug-likeness (QED) is 0.0262. The van der Waals surface area contributed by atoms with Crippen molar-refractivity contribution in [1.82, 2.24) is 0 Å². The number of carbonyl (C=O) groups excluding carboxylic acids is 3. The minimum atomic E-state index is -0.781. The lowest BCUT2D eigenvalue weighted by Crippen LogP contribution is -2.30. The van der Waals surface area contributed by atoms with Crippen molar-refractivity contribution in [2.75, 3.05) is 13.2 Å². The lowest BCUT2D eigenvalue weighted by molar-refractivity contribution is -0.167. The Bertz CT molecular complexity index is 1110. The van der Waals surface area contributed by atoms with Crippen molar-refractivity contribution in [3.8, 4) is 0 Å². The van der Waals surface area contributed by atoms with Crippen LogP contribution in [0.3, 0.4) is 0 Å². The van der Waals surface area contributed by atoms with E-state index >= 15 is 0 Å². The molecule has 0 aliphatic carbocycles. The maximum Gasteiger partial charge on any atom is 0.306 e. The fourth-order valence-corrected chi connectivity index (χ4v) is 7.73. The normalized spacial score (nSPS) is 12.4. The van der Waals surface area contributed by atoms with Crippen molar-refractivity contribution in [1.29, 1.82) is 0 Å². The first-order chi connectivity index (χ1) is 31.0. The van der Waals surface area contributed by atoms with Crippen LogP contribution in [0.1, 0.15) is 278 Å². The molecule has 0 amide bonds. The molecule has 366 valence electrons. The number of hydrogen-bond donors (Lipinski definition) is 0. The summed E-state index contributed by atoms with van der Waals surface area (Å²) < 4.78 is 16.8. The Balaban J connectivity index is 4.30. The van der Waals surface area contributed by atoms with Gasteiger partial charge < -0.3 is 14.2 Å². The van der Waals surface area contributed by atoms with Gasteiger partial charge in [-0.1, -0.05) is 236 Å². The third kappa shape index (κ3) is 50.2. The highest BCUT2D eigenvalue weighted by Crippen LogP contribution is 2.16. The van der Waals surface area contributed by atoms with Gasteiger partial charge in [0.05, 0.1) is 0 Å². The Morgan fingerprint density at radius 3 is 1.03 bits per heavy atom. The second-order valence-corrected chi connectivity index (χ2v) is 18.1. The van der Waals surface area contributed by atoms with Gasteiger partial charge in [0, 0.05) is 19.3 Å². The van der Waals surface area contributed by atoms with Gasteiger partial charge >= 0.3 is 17.9 Å². The summed E-state index contributed by atoms with van der Waals surface area (Å²) in [6.07, 6.45) is 62.5. The summed E-state index contributed by atoms with van der Waals surface area (Å²) in [7, 11) is 0. The number of allylic oxidation sites excluding steroid dienone is 8. The van der Waals surface area contributed by atoms with E-state index in [0.29, 0.717) is 19.3 Å². The van der Waals surface area contributed by atoms with Crippen molar-refractivity contribution in [3.63, 3.8) is 0 Å². The molecule has 0 saturated carbocycles. The van der Waals surface area contributed by atoms with Gasteiger partial charge in [0.1, 0.15) is 13.2 Å². The van der Waals surface area contributed by atoms with Crippen molar-refractivity contribution in [3.05, 3.63) is 48.6 Å². The zero-order valence-corrected chi connectivity index (χ0v) is 41.8. The highest BCUT2D eigenvalue weighted by Gasteiger charge is 2.19. The van der Waals surface area contributed by atoms with E-state index in [9.17, 15) is 14.4 Å². The predicted molar refractivity (Wildman–Crippen MR) is 270 cm³/mol. The van der Waals surface area contributed by atoms with E-state index in [-0.39, 0.29) is 31.1 Å². The summed E-state index contributed by atoms with van der Waals surface area (Å²) in [5.74, 6) is -0.897. The van der Waals surface area contributed by atoms with E-state index in [1.165, 1.54) is 128 Å². The summed E-state index contributed by atoms with van der Waals surface area (Å²) in [6, 6.07) is 0. The number of rotatable bonds is 49. The molecule has 0 radical (unpaired) electrons. The van der Waals surface area contributed by atoms with Crippen molar-refractivity contribution >= 4 is 17.9 Å². The average Bonchev–Trinajstić information content (AvgIpc) is 3.28. The number of carbonyl (C=O) groups is 3. The molecule has 0 N–H and O–H groups in total.